The lowest BCUT2D eigenvalue weighted by atomic mass is 9.88. The lowest BCUT2D eigenvalue weighted by molar-refractivity contribution is 0.368. The van der Waals surface area contributed by atoms with Crippen molar-refractivity contribution in [1.82, 2.24) is 4.98 Å². The van der Waals surface area contributed by atoms with E-state index >= 15 is 0 Å². The molecule has 15 heavy (non-hydrogen) atoms. The van der Waals surface area contributed by atoms with Crippen LogP contribution in [0.4, 0.5) is 5.82 Å². The zero-order valence-electron chi connectivity index (χ0n) is 8.88. The second kappa shape index (κ2) is 4.84. The van der Waals surface area contributed by atoms with Gasteiger partial charge in [0.25, 0.3) is 0 Å². The van der Waals surface area contributed by atoms with Crippen LogP contribution in [0.5, 0.6) is 0 Å². The lowest BCUT2D eigenvalue weighted by Gasteiger charge is -2.26. The number of hydrogen-bond acceptors (Lipinski definition) is 2. The van der Waals surface area contributed by atoms with E-state index in [2.05, 4.69) is 10.3 Å². The molecule has 1 aromatic rings. The molecule has 2 nitrogen and oxygen atoms in total. The molecule has 1 aromatic heterocycles. The minimum absolute atomic E-state index is 0.305. The molecule has 0 bridgehead atoms. The summed E-state index contributed by atoms with van der Waals surface area (Å²) in [6.45, 7) is 0.952. The Hall–Kier alpha value is -0.760. The zero-order chi connectivity index (χ0) is 10.6. The number of alkyl halides is 1. The van der Waals surface area contributed by atoms with Gasteiger partial charge in [0.2, 0.25) is 0 Å². The van der Waals surface area contributed by atoms with E-state index < -0.39 is 0 Å². The number of halogens is 1. The van der Waals surface area contributed by atoms with E-state index in [0.717, 1.165) is 18.2 Å². The zero-order valence-corrected chi connectivity index (χ0v) is 9.63. The first kappa shape index (κ1) is 10.7. The number of nitrogens with one attached hydrogen (secondary N) is 1. The molecular formula is C12H17ClN2. The van der Waals surface area contributed by atoms with Crippen LogP contribution < -0.4 is 5.32 Å². The van der Waals surface area contributed by atoms with Gasteiger partial charge < -0.3 is 5.32 Å². The molecule has 1 saturated carbocycles. The summed E-state index contributed by atoms with van der Waals surface area (Å²) in [7, 11) is 0. The molecule has 3 heteroatoms. The molecule has 0 atom stereocenters. The predicted octanol–water partition coefficient (Wildman–Crippen LogP) is 3.29. The third-order valence-electron chi connectivity index (χ3n) is 3.26. The Bertz CT molecular complexity index is 294. The molecule has 0 aromatic carbocycles. The van der Waals surface area contributed by atoms with Crippen molar-refractivity contribution in [2.45, 2.75) is 25.7 Å². The van der Waals surface area contributed by atoms with E-state index in [1.54, 1.807) is 0 Å². The summed E-state index contributed by atoms with van der Waals surface area (Å²) in [4.78, 5) is 4.25. The van der Waals surface area contributed by atoms with E-state index in [-0.39, 0.29) is 0 Å². The second-order valence-corrected chi connectivity index (χ2v) is 4.68. The van der Waals surface area contributed by atoms with E-state index in [1.165, 1.54) is 25.7 Å². The molecule has 0 aliphatic heterocycles. The summed E-state index contributed by atoms with van der Waals surface area (Å²) in [6.07, 6.45) is 6.93. The fourth-order valence-corrected chi connectivity index (χ4v) is 2.59. The van der Waals surface area contributed by atoms with Crippen molar-refractivity contribution in [3.8, 4) is 0 Å². The van der Waals surface area contributed by atoms with Gasteiger partial charge in [0, 0.05) is 24.0 Å². The lowest BCUT2D eigenvalue weighted by Crippen LogP contribution is -2.28. The predicted molar refractivity (Wildman–Crippen MR) is 64.3 cm³/mol. The molecular weight excluding hydrogens is 208 g/mol. The fourth-order valence-electron chi connectivity index (χ4n) is 2.23. The van der Waals surface area contributed by atoms with Crippen LogP contribution in [0, 0.1) is 5.41 Å². The maximum atomic E-state index is 6.07. The standard InChI is InChI=1S/C12H17ClN2/c13-9-12(6-2-3-7-12)10-15-11-5-1-4-8-14-11/h1,4-5,8H,2-3,6-7,9-10H2,(H,14,15). The molecule has 1 N–H and O–H groups in total. The van der Waals surface area contributed by atoms with Crippen LogP contribution in [0.2, 0.25) is 0 Å². The highest BCUT2D eigenvalue weighted by molar-refractivity contribution is 6.18. The van der Waals surface area contributed by atoms with Crippen LogP contribution in [0.15, 0.2) is 24.4 Å². The molecule has 0 saturated heterocycles. The molecule has 1 heterocycles. The minimum atomic E-state index is 0.305. The van der Waals surface area contributed by atoms with Crippen molar-refractivity contribution in [1.29, 1.82) is 0 Å². The van der Waals surface area contributed by atoms with Crippen molar-refractivity contribution >= 4 is 17.4 Å². The summed E-state index contributed by atoms with van der Waals surface area (Å²) in [5.41, 5.74) is 0.305. The Morgan fingerprint density at radius 2 is 2.13 bits per heavy atom. The number of aromatic nitrogens is 1. The first-order chi connectivity index (χ1) is 7.35. The van der Waals surface area contributed by atoms with Gasteiger partial charge in [-0.3, -0.25) is 0 Å². The van der Waals surface area contributed by atoms with E-state index in [1.807, 2.05) is 24.4 Å². The Labute approximate surface area is 96.1 Å². The van der Waals surface area contributed by atoms with Crippen LogP contribution in [0.25, 0.3) is 0 Å². The van der Waals surface area contributed by atoms with Gasteiger partial charge in [0.1, 0.15) is 5.82 Å². The Kier molecular flexibility index (Phi) is 3.47. The van der Waals surface area contributed by atoms with Crippen molar-refractivity contribution in [2.24, 2.45) is 5.41 Å². The molecule has 1 aliphatic rings. The monoisotopic (exact) mass is 224 g/mol. The van der Waals surface area contributed by atoms with Crippen LogP contribution in [0.1, 0.15) is 25.7 Å². The largest absolute Gasteiger partial charge is 0.369 e. The van der Waals surface area contributed by atoms with Gasteiger partial charge >= 0.3 is 0 Å². The van der Waals surface area contributed by atoms with Gasteiger partial charge in [0.15, 0.2) is 0 Å². The quantitative estimate of drug-likeness (QED) is 0.794. The van der Waals surface area contributed by atoms with Crippen molar-refractivity contribution < 1.29 is 0 Å². The van der Waals surface area contributed by atoms with Crippen molar-refractivity contribution in [3.63, 3.8) is 0 Å². The smallest absolute Gasteiger partial charge is 0.125 e. The average molecular weight is 225 g/mol. The van der Waals surface area contributed by atoms with E-state index in [9.17, 15) is 0 Å². The maximum Gasteiger partial charge on any atom is 0.125 e. The number of nitrogens with zero attached hydrogens (tertiary/aromatic N) is 1. The highest BCUT2D eigenvalue weighted by Gasteiger charge is 2.32. The summed E-state index contributed by atoms with van der Waals surface area (Å²) in [5, 5.41) is 3.38. The summed E-state index contributed by atoms with van der Waals surface area (Å²) in [6, 6.07) is 5.92. The van der Waals surface area contributed by atoms with Crippen LogP contribution >= 0.6 is 11.6 Å². The second-order valence-electron chi connectivity index (χ2n) is 4.41. The third kappa shape index (κ3) is 2.63. The number of rotatable bonds is 4. The highest BCUT2D eigenvalue weighted by Crippen LogP contribution is 2.39. The van der Waals surface area contributed by atoms with Crippen molar-refractivity contribution in [3.05, 3.63) is 24.4 Å². The summed E-state index contributed by atoms with van der Waals surface area (Å²) < 4.78 is 0. The van der Waals surface area contributed by atoms with Gasteiger partial charge in [-0.2, -0.15) is 0 Å². The van der Waals surface area contributed by atoms with Gasteiger partial charge in [-0.1, -0.05) is 18.9 Å². The molecule has 0 amide bonds. The molecule has 0 radical (unpaired) electrons. The van der Waals surface area contributed by atoms with Crippen LogP contribution in [0.3, 0.4) is 0 Å². The van der Waals surface area contributed by atoms with Gasteiger partial charge in [0.05, 0.1) is 0 Å². The molecule has 82 valence electrons. The van der Waals surface area contributed by atoms with Gasteiger partial charge in [-0.15, -0.1) is 11.6 Å². The Balaban J connectivity index is 1.92. The average Bonchev–Trinajstić information content (AvgIpc) is 2.77. The SMILES string of the molecule is ClCC1(CNc2ccccn2)CCCC1. The number of hydrogen-bond donors (Lipinski definition) is 1. The Morgan fingerprint density at radius 1 is 1.33 bits per heavy atom. The maximum absolute atomic E-state index is 6.07. The normalized spacial score (nSPS) is 19.0. The van der Waals surface area contributed by atoms with Gasteiger partial charge in [-0.25, -0.2) is 4.98 Å². The molecule has 1 aliphatic carbocycles. The first-order valence-corrected chi connectivity index (χ1v) is 6.09. The summed E-state index contributed by atoms with van der Waals surface area (Å²) in [5.74, 6) is 1.71. The minimum Gasteiger partial charge on any atom is -0.369 e. The van der Waals surface area contributed by atoms with E-state index in [0.29, 0.717) is 5.41 Å². The first-order valence-electron chi connectivity index (χ1n) is 5.56. The molecule has 0 spiro atoms. The van der Waals surface area contributed by atoms with E-state index in [4.69, 9.17) is 11.6 Å². The Morgan fingerprint density at radius 3 is 2.73 bits per heavy atom. The molecule has 0 unspecified atom stereocenters. The fraction of sp³-hybridized carbons (Fsp3) is 0.583. The molecule has 1 fully saturated rings. The number of anilines is 1. The van der Waals surface area contributed by atoms with Crippen LogP contribution in [-0.4, -0.2) is 17.4 Å². The number of pyridine rings is 1. The highest BCUT2D eigenvalue weighted by atomic mass is 35.5. The summed E-state index contributed by atoms with van der Waals surface area (Å²) >= 11 is 6.07. The van der Waals surface area contributed by atoms with Crippen LogP contribution in [-0.2, 0) is 0 Å². The van der Waals surface area contributed by atoms with Crippen molar-refractivity contribution in [2.75, 3.05) is 17.7 Å². The topological polar surface area (TPSA) is 24.9 Å². The molecule has 2 rings (SSSR count). The van der Waals surface area contributed by atoms with Gasteiger partial charge in [-0.05, 0) is 25.0 Å². The third-order valence-corrected chi connectivity index (χ3v) is 3.82.